The fourth-order valence-electron chi connectivity index (χ4n) is 1.44. The van der Waals surface area contributed by atoms with Crippen molar-refractivity contribution in [1.82, 2.24) is 9.78 Å². The second kappa shape index (κ2) is 3.66. The third-order valence-electron chi connectivity index (χ3n) is 2.24. The molecule has 0 amide bonds. The van der Waals surface area contributed by atoms with Crippen LogP contribution in [0.2, 0.25) is 0 Å². The molecule has 0 aliphatic rings. The van der Waals surface area contributed by atoms with E-state index in [1.165, 1.54) is 7.11 Å². The van der Waals surface area contributed by atoms with E-state index in [2.05, 4.69) is 25.8 Å². The average Bonchev–Trinajstić information content (AvgIpc) is 2.60. The zero-order valence-electron chi connectivity index (χ0n) is 8.32. The minimum Gasteiger partial charge on any atom is -0.465 e. The Kier molecular flexibility index (Phi) is 2.48. The number of rotatable bonds is 1. The van der Waals surface area contributed by atoms with E-state index in [9.17, 15) is 4.79 Å². The molecule has 0 N–H and O–H groups in total. The van der Waals surface area contributed by atoms with Crippen LogP contribution in [0.5, 0.6) is 0 Å². The predicted octanol–water partition coefficient (Wildman–Crippen LogP) is 2.12. The van der Waals surface area contributed by atoms with Crippen molar-refractivity contribution in [3.05, 3.63) is 28.4 Å². The van der Waals surface area contributed by atoms with E-state index in [0.717, 1.165) is 15.4 Å². The van der Waals surface area contributed by atoms with Crippen molar-refractivity contribution in [3.8, 4) is 0 Å². The number of fused-ring (bicyclic) bond motifs is 1. The molecule has 5 heteroatoms. The largest absolute Gasteiger partial charge is 0.465 e. The van der Waals surface area contributed by atoms with Crippen molar-refractivity contribution in [3.63, 3.8) is 0 Å². The van der Waals surface area contributed by atoms with Gasteiger partial charge >= 0.3 is 5.97 Å². The molecule has 2 aromatic rings. The number of hydrogen-bond donors (Lipinski definition) is 0. The van der Waals surface area contributed by atoms with Crippen LogP contribution >= 0.6 is 15.9 Å². The molecule has 1 aromatic carbocycles. The first-order valence-electron chi connectivity index (χ1n) is 4.33. The molecule has 0 fully saturated rings. The molecular weight excluding hydrogens is 260 g/mol. The van der Waals surface area contributed by atoms with E-state index in [1.54, 1.807) is 23.0 Å². The molecule has 15 heavy (non-hydrogen) atoms. The maximum Gasteiger partial charge on any atom is 0.337 e. The molecule has 4 nitrogen and oxygen atoms in total. The summed E-state index contributed by atoms with van der Waals surface area (Å²) < 4.78 is 7.22. The number of ether oxygens (including phenoxy) is 1. The Labute approximate surface area is 95.0 Å². The summed E-state index contributed by atoms with van der Waals surface area (Å²) >= 11 is 3.40. The quantitative estimate of drug-likeness (QED) is 0.745. The monoisotopic (exact) mass is 268 g/mol. The minimum atomic E-state index is -0.348. The van der Waals surface area contributed by atoms with Gasteiger partial charge in [0.05, 0.1) is 24.4 Å². The number of esters is 1. The Morgan fingerprint density at radius 2 is 2.27 bits per heavy atom. The molecule has 1 heterocycles. The van der Waals surface area contributed by atoms with Crippen molar-refractivity contribution >= 4 is 32.8 Å². The van der Waals surface area contributed by atoms with E-state index < -0.39 is 0 Å². The van der Waals surface area contributed by atoms with Crippen LogP contribution < -0.4 is 0 Å². The Balaban J connectivity index is 2.70. The molecule has 0 radical (unpaired) electrons. The first-order chi connectivity index (χ1) is 7.13. The van der Waals surface area contributed by atoms with Crippen molar-refractivity contribution in [2.75, 3.05) is 7.11 Å². The van der Waals surface area contributed by atoms with Crippen LogP contribution in [0.3, 0.4) is 0 Å². The first-order valence-corrected chi connectivity index (χ1v) is 5.12. The number of carbonyl (C=O) groups excluding carboxylic acids is 1. The highest BCUT2D eigenvalue weighted by Gasteiger charge is 2.11. The minimum absolute atomic E-state index is 0.348. The molecule has 0 atom stereocenters. The molecule has 0 saturated carbocycles. The standard InChI is InChI=1S/C10H9BrN2O2/c1-13-9-4-6(10(14)15-2)3-8(11)7(9)5-12-13/h3-5H,1-2H3. The summed E-state index contributed by atoms with van der Waals surface area (Å²) in [4.78, 5) is 11.4. The zero-order valence-corrected chi connectivity index (χ0v) is 9.91. The number of methoxy groups -OCH3 is 1. The van der Waals surface area contributed by atoms with Crippen LogP contribution in [-0.2, 0) is 11.8 Å². The summed E-state index contributed by atoms with van der Waals surface area (Å²) in [6.07, 6.45) is 1.75. The van der Waals surface area contributed by atoms with E-state index in [0.29, 0.717) is 5.56 Å². The highest BCUT2D eigenvalue weighted by atomic mass is 79.9. The fourth-order valence-corrected chi connectivity index (χ4v) is 1.99. The summed E-state index contributed by atoms with van der Waals surface area (Å²) in [5.41, 5.74) is 1.41. The first kappa shape index (κ1) is 10.2. The van der Waals surface area contributed by atoms with Gasteiger partial charge in [0.15, 0.2) is 0 Å². The van der Waals surface area contributed by atoms with Gasteiger partial charge in [-0.3, -0.25) is 4.68 Å². The molecule has 0 aliphatic carbocycles. The SMILES string of the molecule is COC(=O)c1cc(Br)c2cnn(C)c2c1. The fraction of sp³-hybridized carbons (Fsp3) is 0.200. The smallest absolute Gasteiger partial charge is 0.337 e. The molecule has 1 aromatic heterocycles. The summed E-state index contributed by atoms with van der Waals surface area (Å²) in [6, 6.07) is 3.49. The van der Waals surface area contributed by atoms with Crippen LogP contribution in [0.4, 0.5) is 0 Å². The summed E-state index contributed by atoms with van der Waals surface area (Å²) in [6.45, 7) is 0. The number of aromatic nitrogens is 2. The maximum absolute atomic E-state index is 11.4. The Bertz CT molecular complexity index is 533. The van der Waals surface area contributed by atoms with Crippen LogP contribution in [0, 0.1) is 0 Å². The van der Waals surface area contributed by atoms with Crippen LogP contribution in [0.25, 0.3) is 10.9 Å². The summed E-state index contributed by atoms with van der Waals surface area (Å²) in [7, 11) is 3.19. The van der Waals surface area contributed by atoms with Crippen LogP contribution in [-0.4, -0.2) is 22.9 Å². The van der Waals surface area contributed by atoms with Crippen molar-refractivity contribution in [2.24, 2.45) is 7.05 Å². The van der Waals surface area contributed by atoms with E-state index >= 15 is 0 Å². The van der Waals surface area contributed by atoms with Gasteiger partial charge in [0.1, 0.15) is 0 Å². The topological polar surface area (TPSA) is 44.1 Å². The predicted molar refractivity (Wildman–Crippen MR) is 59.8 cm³/mol. The maximum atomic E-state index is 11.4. The van der Waals surface area contributed by atoms with Crippen LogP contribution in [0.1, 0.15) is 10.4 Å². The lowest BCUT2D eigenvalue weighted by atomic mass is 10.2. The van der Waals surface area contributed by atoms with Gasteiger partial charge in [-0.05, 0) is 12.1 Å². The zero-order chi connectivity index (χ0) is 11.0. The number of benzene rings is 1. The summed E-state index contributed by atoms with van der Waals surface area (Å²) in [5.74, 6) is -0.348. The molecular formula is C10H9BrN2O2. The molecule has 0 spiro atoms. The van der Waals surface area contributed by atoms with Crippen molar-refractivity contribution in [2.45, 2.75) is 0 Å². The van der Waals surface area contributed by atoms with Gasteiger partial charge in [0, 0.05) is 16.9 Å². The van der Waals surface area contributed by atoms with Gasteiger partial charge in [-0.15, -0.1) is 0 Å². The van der Waals surface area contributed by atoms with Gasteiger partial charge in [0.2, 0.25) is 0 Å². The lowest BCUT2D eigenvalue weighted by molar-refractivity contribution is 0.0601. The molecule has 0 bridgehead atoms. The molecule has 0 saturated heterocycles. The molecule has 0 aliphatic heterocycles. The second-order valence-electron chi connectivity index (χ2n) is 3.15. The van der Waals surface area contributed by atoms with Crippen molar-refractivity contribution in [1.29, 1.82) is 0 Å². The van der Waals surface area contributed by atoms with Gasteiger partial charge in [-0.25, -0.2) is 4.79 Å². The van der Waals surface area contributed by atoms with E-state index in [-0.39, 0.29) is 5.97 Å². The Hall–Kier alpha value is -1.36. The second-order valence-corrected chi connectivity index (χ2v) is 4.00. The van der Waals surface area contributed by atoms with Crippen molar-refractivity contribution < 1.29 is 9.53 Å². The Morgan fingerprint density at radius 1 is 1.53 bits per heavy atom. The van der Waals surface area contributed by atoms with E-state index in [4.69, 9.17) is 0 Å². The third-order valence-corrected chi connectivity index (χ3v) is 2.89. The van der Waals surface area contributed by atoms with Gasteiger partial charge in [-0.2, -0.15) is 5.10 Å². The van der Waals surface area contributed by atoms with Gasteiger partial charge in [-0.1, -0.05) is 15.9 Å². The summed E-state index contributed by atoms with van der Waals surface area (Å²) in [5, 5.41) is 5.09. The normalized spacial score (nSPS) is 10.6. The Morgan fingerprint density at radius 3 is 2.93 bits per heavy atom. The average molecular weight is 269 g/mol. The number of halogens is 1. The molecule has 2 rings (SSSR count). The third kappa shape index (κ3) is 1.63. The number of aryl methyl sites for hydroxylation is 1. The van der Waals surface area contributed by atoms with Crippen LogP contribution in [0.15, 0.2) is 22.8 Å². The molecule has 78 valence electrons. The number of carbonyl (C=O) groups is 1. The highest BCUT2D eigenvalue weighted by molar-refractivity contribution is 9.10. The lowest BCUT2D eigenvalue weighted by Crippen LogP contribution is -2.01. The number of hydrogen-bond acceptors (Lipinski definition) is 3. The lowest BCUT2D eigenvalue weighted by Gasteiger charge is -2.02. The number of nitrogens with zero attached hydrogens (tertiary/aromatic N) is 2. The molecule has 0 unspecified atom stereocenters. The van der Waals surface area contributed by atoms with E-state index in [1.807, 2.05) is 7.05 Å². The highest BCUT2D eigenvalue weighted by Crippen LogP contribution is 2.25. The van der Waals surface area contributed by atoms with Gasteiger partial charge in [0.25, 0.3) is 0 Å². The van der Waals surface area contributed by atoms with Gasteiger partial charge < -0.3 is 4.74 Å².